The normalized spacial score (nSPS) is 33.7. The second kappa shape index (κ2) is 8.39. The summed E-state index contributed by atoms with van der Waals surface area (Å²) in [5.41, 5.74) is 1.37. The third kappa shape index (κ3) is 4.36. The van der Waals surface area contributed by atoms with Gasteiger partial charge in [0.2, 0.25) is 0 Å². The molecular formula is C21H38. The van der Waals surface area contributed by atoms with Gasteiger partial charge in [0.15, 0.2) is 0 Å². The first-order valence-electron chi connectivity index (χ1n) is 9.81. The van der Waals surface area contributed by atoms with Crippen LogP contribution in [0.5, 0.6) is 0 Å². The molecule has 4 atom stereocenters. The molecule has 0 heteroatoms. The Kier molecular flexibility index (Phi) is 6.83. The van der Waals surface area contributed by atoms with Crippen LogP contribution in [0, 0.1) is 29.6 Å². The molecule has 0 N–H and O–H groups in total. The molecule has 21 heavy (non-hydrogen) atoms. The van der Waals surface area contributed by atoms with Crippen molar-refractivity contribution in [2.75, 3.05) is 0 Å². The van der Waals surface area contributed by atoms with Crippen LogP contribution < -0.4 is 0 Å². The van der Waals surface area contributed by atoms with Crippen molar-refractivity contribution in [2.24, 2.45) is 29.6 Å². The van der Waals surface area contributed by atoms with E-state index < -0.39 is 0 Å². The molecule has 122 valence electrons. The Morgan fingerprint density at radius 2 is 1.71 bits per heavy atom. The van der Waals surface area contributed by atoms with E-state index in [0.717, 1.165) is 29.6 Å². The van der Waals surface area contributed by atoms with Crippen molar-refractivity contribution in [3.63, 3.8) is 0 Å². The van der Waals surface area contributed by atoms with Crippen molar-refractivity contribution < 1.29 is 0 Å². The van der Waals surface area contributed by atoms with E-state index in [-0.39, 0.29) is 0 Å². The van der Waals surface area contributed by atoms with Gasteiger partial charge < -0.3 is 0 Å². The maximum absolute atomic E-state index is 4.06. The Hall–Kier alpha value is -0.260. The SMILES string of the molecule is C=C(C)CCCCC1C(CC)C(CC)CC1C1CCCC1. The van der Waals surface area contributed by atoms with E-state index in [4.69, 9.17) is 0 Å². The van der Waals surface area contributed by atoms with E-state index in [1.54, 1.807) is 19.3 Å². The highest BCUT2D eigenvalue weighted by Gasteiger charge is 2.44. The van der Waals surface area contributed by atoms with Crippen LogP contribution in [0.3, 0.4) is 0 Å². The van der Waals surface area contributed by atoms with E-state index in [9.17, 15) is 0 Å². The molecule has 0 spiro atoms. The van der Waals surface area contributed by atoms with Gasteiger partial charge in [0.05, 0.1) is 0 Å². The molecular weight excluding hydrogens is 252 g/mol. The summed E-state index contributed by atoms with van der Waals surface area (Å²) in [6.45, 7) is 11.1. The van der Waals surface area contributed by atoms with Crippen LogP contribution in [0.15, 0.2) is 12.2 Å². The van der Waals surface area contributed by atoms with Crippen molar-refractivity contribution in [1.82, 2.24) is 0 Å². The zero-order valence-corrected chi connectivity index (χ0v) is 14.9. The van der Waals surface area contributed by atoms with Gasteiger partial charge in [-0.05, 0) is 62.2 Å². The topological polar surface area (TPSA) is 0 Å². The molecule has 0 bridgehead atoms. The molecule has 2 rings (SSSR count). The summed E-state index contributed by atoms with van der Waals surface area (Å²) in [5, 5.41) is 0. The predicted molar refractivity (Wildman–Crippen MR) is 94.4 cm³/mol. The van der Waals surface area contributed by atoms with Gasteiger partial charge in [0, 0.05) is 0 Å². The molecule has 2 fully saturated rings. The standard InChI is InChI=1S/C21H38/c1-5-17-15-21(18-12-8-9-13-18)20(19(17)6-2)14-10-7-11-16(3)4/h17-21H,3,5-15H2,1-2,4H3. The van der Waals surface area contributed by atoms with Gasteiger partial charge in [-0.1, -0.05) is 64.4 Å². The van der Waals surface area contributed by atoms with Crippen LogP contribution in [0.25, 0.3) is 0 Å². The van der Waals surface area contributed by atoms with Gasteiger partial charge in [0.25, 0.3) is 0 Å². The van der Waals surface area contributed by atoms with Crippen LogP contribution in [0.2, 0.25) is 0 Å². The number of allylic oxidation sites excluding steroid dienone is 1. The van der Waals surface area contributed by atoms with E-state index in [1.807, 2.05) is 0 Å². The minimum absolute atomic E-state index is 1.03. The Labute approximate surface area is 133 Å². The smallest absolute Gasteiger partial charge is 0.0326 e. The molecule has 0 aromatic rings. The zero-order chi connectivity index (χ0) is 15.2. The van der Waals surface area contributed by atoms with Crippen LogP contribution in [0.1, 0.15) is 91.4 Å². The van der Waals surface area contributed by atoms with Crippen molar-refractivity contribution in [1.29, 1.82) is 0 Å². The van der Waals surface area contributed by atoms with Gasteiger partial charge in [-0.3, -0.25) is 0 Å². The molecule has 0 saturated heterocycles. The first kappa shape index (κ1) is 17.1. The fourth-order valence-corrected chi connectivity index (χ4v) is 5.63. The number of hydrogen-bond acceptors (Lipinski definition) is 0. The molecule has 0 aliphatic heterocycles. The number of rotatable bonds is 8. The van der Waals surface area contributed by atoms with Crippen molar-refractivity contribution >= 4 is 0 Å². The van der Waals surface area contributed by atoms with Gasteiger partial charge >= 0.3 is 0 Å². The van der Waals surface area contributed by atoms with Gasteiger partial charge in [0.1, 0.15) is 0 Å². The molecule has 2 saturated carbocycles. The molecule has 4 unspecified atom stereocenters. The molecule has 0 nitrogen and oxygen atoms in total. The predicted octanol–water partition coefficient (Wildman–Crippen LogP) is 7.00. The first-order chi connectivity index (χ1) is 10.2. The second-order valence-electron chi connectivity index (χ2n) is 8.05. The number of unbranched alkanes of at least 4 members (excludes halogenated alkanes) is 1. The maximum atomic E-state index is 4.06. The molecule has 0 heterocycles. The fourth-order valence-electron chi connectivity index (χ4n) is 5.63. The lowest BCUT2D eigenvalue weighted by Gasteiger charge is -2.29. The van der Waals surface area contributed by atoms with Crippen molar-refractivity contribution in [2.45, 2.75) is 91.4 Å². The summed E-state index contributed by atoms with van der Waals surface area (Å²) < 4.78 is 0. The second-order valence-corrected chi connectivity index (χ2v) is 8.05. The van der Waals surface area contributed by atoms with Gasteiger partial charge in [-0.2, -0.15) is 0 Å². The van der Waals surface area contributed by atoms with E-state index in [0.29, 0.717) is 0 Å². The van der Waals surface area contributed by atoms with E-state index >= 15 is 0 Å². The average Bonchev–Trinajstić information content (AvgIpc) is 3.09. The minimum Gasteiger partial charge on any atom is -0.100 e. The van der Waals surface area contributed by atoms with Crippen LogP contribution in [-0.4, -0.2) is 0 Å². The third-order valence-electron chi connectivity index (χ3n) is 6.67. The van der Waals surface area contributed by atoms with Crippen LogP contribution in [0.4, 0.5) is 0 Å². The summed E-state index contributed by atoms with van der Waals surface area (Å²) in [5.74, 6) is 5.28. The van der Waals surface area contributed by atoms with Gasteiger partial charge in [-0.25, -0.2) is 0 Å². The molecule has 0 aromatic heterocycles. The number of hydrogen-bond donors (Lipinski definition) is 0. The lowest BCUT2D eigenvalue weighted by Crippen LogP contribution is -2.21. The fraction of sp³-hybridized carbons (Fsp3) is 0.905. The molecule has 0 aromatic carbocycles. The average molecular weight is 291 g/mol. The van der Waals surface area contributed by atoms with E-state index in [2.05, 4.69) is 27.4 Å². The Balaban J connectivity index is 1.94. The lowest BCUT2D eigenvalue weighted by molar-refractivity contribution is 0.203. The van der Waals surface area contributed by atoms with Crippen molar-refractivity contribution in [3.8, 4) is 0 Å². The summed E-state index contributed by atoms with van der Waals surface area (Å²) >= 11 is 0. The van der Waals surface area contributed by atoms with Crippen molar-refractivity contribution in [3.05, 3.63) is 12.2 Å². The highest BCUT2D eigenvalue weighted by atomic mass is 14.5. The summed E-state index contributed by atoms with van der Waals surface area (Å²) in [6.07, 6.45) is 16.1. The van der Waals surface area contributed by atoms with Crippen LogP contribution >= 0.6 is 0 Å². The Bertz CT molecular complexity index is 310. The first-order valence-corrected chi connectivity index (χ1v) is 9.81. The monoisotopic (exact) mass is 290 g/mol. The quantitative estimate of drug-likeness (QED) is 0.333. The van der Waals surface area contributed by atoms with Gasteiger partial charge in [-0.15, -0.1) is 6.58 Å². The van der Waals surface area contributed by atoms with Crippen LogP contribution in [-0.2, 0) is 0 Å². The summed E-state index contributed by atoms with van der Waals surface area (Å²) in [4.78, 5) is 0. The molecule has 0 amide bonds. The molecule has 0 radical (unpaired) electrons. The van der Waals surface area contributed by atoms with E-state index in [1.165, 1.54) is 56.9 Å². The largest absolute Gasteiger partial charge is 0.100 e. The zero-order valence-electron chi connectivity index (χ0n) is 14.9. The maximum Gasteiger partial charge on any atom is -0.0326 e. The molecule has 2 aliphatic carbocycles. The lowest BCUT2D eigenvalue weighted by atomic mass is 9.76. The Morgan fingerprint density at radius 3 is 2.29 bits per heavy atom. The minimum atomic E-state index is 1.03. The summed E-state index contributed by atoms with van der Waals surface area (Å²) in [7, 11) is 0. The highest BCUT2D eigenvalue weighted by molar-refractivity contribution is 4.94. The third-order valence-corrected chi connectivity index (χ3v) is 6.67. The highest BCUT2D eigenvalue weighted by Crippen LogP contribution is 2.53. The summed E-state index contributed by atoms with van der Waals surface area (Å²) in [6, 6.07) is 0. The molecule has 2 aliphatic rings. The Morgan fingerprint density at radius 1 is 1.00 bits per heavy atom.